The van der Waals surface area contributed by atoms with Crippen molar-refractivity contribution in [2.45, 2.75) is 39.2 Å². The number of nitrogens with one attached hydrogen (secondary N) is 2. The standard InChI is InChI=1S/C18H27N3O3/c1-3-24-18(23)21-12-9-16(10-13-21)20-17(22)19-11-8-15-6-4-14(2)5-7-15/h4-7,16H,3,8-13H2,1-2H3,(H2,19,20,22). The third-order valence-corrected chi connectivity index (χ3v) is 4.18. The molecule has 2 rings (SSSR count). The molecule has 132 valence electrons. The van der Waals surface area contributed by atoms with E-state index in [9.17, 15) is 9.59 Å². The molecule has 1 aliphatic heterocycles. The van der Waals surface area contributed by atoms with E-state index in [2.05, 4.69) is 41.8 Å². The number of carbonyl (C=O) groups is 2. The second-order valence-corrected chi connectivity index (χ2v) is 6.10. The van der Waals surface area contributed by atoms with Crippen molar-refractivity contribution in [2.24, 2.45) is 0 Å². The smallest absolute Gasteiger partial charge is 0.409 e. The van der Waals surface area contributed by atoms with Crippen LogP contribution in [0.3, 0.4) is 0 Å². The Morgan fingerprint density at radius 3 is 2.50 bits per heavy atom. The van der Waals surface area contributed by atoms with Crippen molar-refractivity contribution in [1.82, 2.24) is 15.5 Å². The fourth-order valence-corrected chi connectivity index (χ4v) is 2.73. The highest BCUT2D eigenvalue weighted by atomic mass is 16.6. The molecule has 1 heterocycles. The summed E-state index contributed by atoms with van der Waals surface area (Å²) in [5.74, 6) is 0. The lowest BCUT2D eigenvalue weighted by Gasteiger charge is -2.31. The van der Waals surface area contributed by atoms with Gasteiger partial charge in [0.2, 0.25) is 0 Å². The van der Waals surface area contributed by atoms with Gasteiger partial charge in [-0.3, -0.25) is 0 Å². The fraction of sp³-hybridized carbons (Fsp3) is 0.556. The zero-order chi connectivity index (χ0) is 17.4. The molecule has 3 amide bonds. The summed E-state index contributed by atoms with van der Waals surface area (Å²) in [5.41, 5.74) is 2.45. The first-order valence-corrected chi connectivity index (χ1v) is 8.60. The van der Waals surface area contributed by atoms with Gasteiger partial charge in [0.25, 0.3) is 0 Å². The van der Waals surface area contributed by atoms with Gasteiger partial charge < -0.3 is 20.3 Å². The largest absolute Gasteiger partial charge is 0.450 e. The first kappa shape index (κ1) is 18.1. The summed E-state index contributed by atoms with van der Waals surface area (Å²) in [4.78, 5) is 25.3. The first-order valence-electron chi connectivity index (χ1n) is 8.60. The van der Waals surface area contributed by atoms with Gasteiger partial charge in [-0.05, 0) is 38.7 Å². The van der Waals surface area contributed by atoms with Gasteiger partial charge in [-0.25, -0.2) is 9.59 Å². The molecule has 1 aromatic rings. The van der Waals surface area contributed by atoms with Crippen LogP contribution in [-0.4, -0.2) is 49.3 Å². The summed E-state index contributed by atoms with van der Waals surface area (Å²) < 4.78 is 4.99. The van der Waals surface area contributed by atoms with Gasteiger partial charge in [-0.1, -0.05) is 29.8 Å². The lowest BCUT2D eigenvalue weighted by atomic mass is 10.1. The molecule has 2 N–H and O–H groups in total. The van der Waals surface area contributed by atoms with Crippen molar-refractivity contribution < 1.29 is 14.3 Å². The summed E-state index contributed by atoms with van der Waals surface area (Å²) >= 11 is 0. The summed E-state index contributed by atoms with van der Waals surface area (Å²) in [5, 5.41) is 5.87. The van der Waals surface area contributed by atoms with Crippen molar-refractivity contribution in [3.63, 3.8) is 0 Å². The molecule has 1 aromatic carbocycles. The Morgan fingerprint density at radius 2 is 1.88 bits per heavy atom. The van der Waals surface area contributed by atoms with Crippen molar-refractivity contribution in [2.75, 3.05) is 26.2 Å². The Labute approximate surface area is 143 Å². The average Bonchev–Trinajstić information content (AvgIpc) is 2.57. The predicted molar refractivity (Wildman–Crippen MR) is 93.0 cm³/mol. The molecule has 0 aliphatic carbocycles. The van der Waals surface area contributed by atoms with E-state index in [0.29, 0.717) is 26.2 Å². The maximum atomic E-state index is 11.9. The number of likely N-dealkylation sites (tertiary alicyclic amines) is 1. The number of rotatable bonds is 5. The van der Waals surface area contributed by atoms with E-state index in [1.54, 1.807) is 11.8 Å². The third kappa shape index (κ3) is 5.76. The average molecular weight is 333 g/mol. The first-order chi connectivity index (χ1) is 11.6. The highest BCUT2D eigenvalue weighted by Crippen LogP contribution is 2.11. The van der Waals surface area contributed by atoms with Crippen LogP contribution in [-0.2, 0) is 11.2 Å². The maximum absolute atomic E-state index is 11.9. The SMILES string of the molecule is CCOC(=O)N1CCC(NC(=O)NCCc2ccc(C)cc2)CC1. The van der Waals surface area contributed by atoms with Gasteiger partial charge in [0.1, 0.15) is 0 Å². The molecular formula is C18H27N3O3. The highest BCUT2D eigenvalue weighted by molar-refractivity contribution is 5.74. The molecule has 0 atom stereocenters. The van der Waals surface area contributed by atoms with Crippen molar-refractivity contribution in [1.29, 1.82) is 0 Å². The van der Waals surface area contributed by atoms with E-state index in [-0.39, 0.29) is 18.2 Å². The number of hydrogen-bond acceptors (Lipinski definition) is 3. The van der Waals surface area contributed by atoms with Crippen LogP contribution in [0.2, 0.25) is 0 Å². The molecule has 0 unspecified atom stereocenters. The van der Waals surface area contributed by atoms with Crippen LogP contribution in [0.4, 0.5) is 9.59 Å². The third-order valence-electron chi connectivity index (χ3n) is 4.18. The number of ether oxygens (including phenoxy) is 1. The molecule has 1 aliphatic rings. The van der Waals surface area contributed by atoms with E-state index in [4.69, 9.17) is 4.74 Å². The van der Waals surface area contributed by atoms with Gasteiger partial charge in [0.15, 0.2) is 0 Å². The van der Waals surface area contributed by atoms with E-state index >= 15 is 0 Å². The number of amides is 3. The number of piperidine rings is 1. The molecule has 6 heteroatoms. The summed E-state index contributed by atoms with van der Waals surface area (Å²) in [6, 6.07) is 8.28. The molecule has 0 spiro atoms. The molecular weight excluding hydrogens is 306 g/mol. The van der Waals surface area contributed by atoms with Crippen LogP contribution in [0.25, 0.3) is 0 Å². The lowest BCUT2D eigenvalue weighted by molar-refractivity contribution is 0.0957. The van der Waals surface area contributed by atoms with E-state index in [0.717, 1.165) is 19.3 Å². The van der Waals surface area contributed by atoms with Crippen LogP contribution in [0.5, 0.6) is 0 Å². The Hall–Kier alpha value is -2.24. The van der Waals surface area contributed by atoms with Crippen LogP contribution >= 0.6 is 0 Å². The Morgan fingerprint density at radius 1 is 1.21 bits per heavy atom. The van der Waals surface area contributed by atoms with Crippen LogP contribution in [0.1, 0.15) is 30.9 Å². The number of carbonyl (C=O) groups excluding carboxylic acids is 2. The molecule has 0 saturated carbocycles. The molecule has 0 bridgehead atoms. The number of urea groups is 1. The van der Waals surface area contributed by atoms with Crippen molar-refractivity contribution >= 4 is 12.1 Å². The minimum atomic E-state index is -0.265. The van der Waals surface area contributed by atoms with Crippen LogP contribution < -0.4 is 10.6 Å². The maximum Gasteiger partial charge on any atom is 0.409 e. The lowest BCUT2D eigenvalue weighted by Crippen LogP contribution is -2.49. The molecule has 6 nitrogen and oxygen atoms in total. The summed E-state index contributed by atoms with van der Waals surface area (Å²) in [7, 11) is 0. The topological polar surface area (TPSA) is 70.7 Å². The number of nitrogens with zero attached hydrogens (tertiary/aromatic N) is 1. The number of hydrogen-bond donors (Lipinski definition) is 2. The number of aryl methyl sites for hydroxylation is 1. The summed E-state index contributed by atoms with van der Waals surface area (Å²) in [6.45, 7) is 6.09. The van der Waals surface area contributed by atoms with Crippen molar-refractivity contribution in [3.8, 4) is 0 Å². The zero-order valence-electron chi connectivity index (χ0n) is 14.5. The Balaban J connectivity index is 1.63. The van der Waals surface area contributed by atoms with Gasteiger partial charge in [-0.15, -0.1) is 0 Å². The minimum absolute atomic E-state index is 0.107. The fourth-order valence-electron chi connectivity index (χ4n) is 2.73. The molecule has 24 heavy (non-hydrogen) atoms. The van der Waals surface area contributed by atoms with Gasteiger partial charge in [0, 0.05) is 25.7 Å². The second-order valence-electron chi connectivity index (χ2n) is 6.10. The van der Waals surface area contributed by atoms with Gasteiger partial charge in [-0.2, -0.15) is 0 Å². The van der Waals surface area contributed by atoms with Gasteiger partial charge >= 0.3 is 12.1 Å². The Kier molecular flexibility index (Phi) is 6.90. The molecule has 0 radical (unpaired) electrons. The predicted octanol–water partition coefficient (Wildman–Crippen LogP) is 2.46. The molecule has 0 aromatic heterocycles. The molecule has 1 fully saturated rings. The number of benzene rings is 1. The monoisotopic (exact) mass is 333 g/mol. The van der Waals surface area contributed by atoms with Crippen molar-refractivity contribution in [3.05, 3.63) is 35.4 Å². The highest BCUT2D eigenvalue weighted by Gasteiger charge is 2.24. The second kappa shape index (κ2) is 9.15. The van der Waals surface area contributed by atoms with E-state index in [1.165, 1.54) is 11.1 Å². The molecule has 1 saturated heterocycles. The quantitative estimate of drug-likeness (QED) is 0.869. The normalized spacial score (nSPS) is 15.0. The van der Waals surface area contributed by atoms with Crippen LogP contribution in [0, 0.1) is 6.92 Å². The van der Waals surface area contributed by atoms with Gasteiger partial charge in [0.05, 0.1) is 6.61 Å². The van der Waals surface area contributed by atoms with Crippen LogP contribution in [0.15, 0.2) is 24.3 Å². The van der Waals surface area contributed by atoms with E-state index < -0.39 is 0 Å². The minimum Gasteiger partial charge on any atom is -0.450 e. The zero-order valence-corrected chi connectivity index (χ0v) is 14.5. The summed E-state index contributed by atoms with van der Waals surface area (Å²) in [6.07, 6.45) is 2.06. The van der Waals surface area contributed by atoms with E-state index in [1.807, 2.05) is 0 Å². The Bertz CT molecular complexity index is 537.